The third-order valence-corrected chi connectivity index (χ3v) is 7.02. The zero-order chi connectivity index (χ0) is 28.1. The van der Waals surface area contributed by atoms with E-state index in [0.29, 0.717) is 30.6 Å². The van der Waals surface area contributed by atoms with E-state index in [0.717, 1.165) is 17.0 Å². The number of nitrogens with zero attached hydrogens (tertiary/aromatic N) is 2. The maximum atomic E-state index is 14.5. The van der Waals surface area contributed by atoms with Crippen LogP contribution in [0.15, 0.2) is 48.5 Å². The van der Waals surface area contributed by atoms with Crippen molar-refractivity contribution in [2.75, 3.05) is 33.8 Å². The van der Waals surface area contributed by atoms with Gasteiger partial charge in [-0.2, -0.15) is 13.2 Å². The van der Waals surface area contributed by atoms with Crippen LogP contribution >= 0.6 is 11.6 Å². The first-order chi connectivity index (χ1) is 17.8. The van der Waals surface area contributed by atoms with Crippen LogP contribution in [0, 0.1) is 5.92 Å². The van der Waals surface area contributed by atoms with Crippen molar-refractivity contribution in [3.63, 3.8) is 0 Å². The van der Waals surface area contributed by atoms with E-state index in [4.69, 9.17) is 16.3 Å². The number of rotatable bonds is 9. The molecule has 1 heterocycles. The molecule has 1 saturated heterocycles. The summed E-state index contributed by atoms with van der Waals surface area (Å²) in [6, 6.07) is 10.8. The van der Waals surface area contributed by atoms with Gasteiger partial charge in [0.05, 0.1) is 10.6 Å². The predicted octanol–water partition coefficient (Wildman–Crippen LogP) is 5.23. The van der Waals surface area contributed by atoms with E-state index in [2.05, 4.69) is 0 Å². The Labute approximate surface area is 224 Å². The molecule has 1 N–H and O–H groups in total. The van der Waals surface area contributed by atoms with E-state index >= 15 is 0 Å². The number of halogens is 5. The van der Waals surface area contributed by atoms with Gasteiger partial charge in [-0.05, 0) is 49.8 Å². The van der Waals surface area contributed by atoms with Crippen molar-refractivity contribution < 1.29 is 37.0 Å². The van der Waals surface area contributed by atoms with Crippen LogP contribution < -0.4 is 4.74 Å². The number of carbonyl (C=O) groups excluding carboxylic acids is 2. The molecule has 0 aromatic heterocycles. The number of alkyl halides is 4. The molecule has 0 aliphatic carbocycles. The molecule has 0 saturated carbocycles. The second-order valence-electron chi connectivity index (χ2n) is 9.64. The summed E-state index contributed by atoms with van der Waals surface area (Å²) < 4.78 is 61.4. The standard InChI is InChI=1S/C27H31ClF4N2O4/c1-33(2)24(35)22-11-10-21(16-23(22)28)38-17-20(29)9-8-18-12-14-34(15-13-18)25(36)26(37,27(30,31)32)19-6-4-3-5-7-19/h3-7,10-11,16,18,20,37H,8-9,12-15,17H2,1-2H3/t20-,26?/m0/s1. The molecule has 0 bridgehead atoms. The Kier molecular flexibility index (Phi) is 9.64. The molecule has 3 rings (SSSR count). The minimum atomic E-state index is -5.18. The van der Waals surface area contributed by atoms with E-state index in [-0.39, 0.29) is 43.0 Å². The van der Waals surface area contributed by atoms with Crippen molar-refractivity contribution in [3.05, 3.63) is 64.7 Å². The van der Waals surface area contributed by atoms with Crippen molar-refractivity contribution in [3.8, 4) is 5.75 Å². The zero-order valence-electron chi connectivity index (χ0n) is 21.2. The monoisotopic (exact) mass is 558 g/mol. The molecule has 2 aromatic rings. The Hall–Kier alpha value is -2.85. The Morgan fingerprint density at radius 1 is 1.13 bits per heavy atom. The summed E-state index contributed by atoms with van der Waals surface area (Å²) >= 11 is 6.14. The van der Waals surface area contributed by atoms with E-state index in [1.807, 2.05) is 0 Å². The van der Waals surface area contributed by atoms with Gasteiger partial charge in [-0.3, -0.25) is 9.59 Å². The molecule has 1 aliphatic rings. The minimum Gasteiger partial charge on any atom is -0.491 e. The zero-order valence-corrected chi connectivity index (χ0v) is 21.9. The molecular formula is C27H31ClF4N2O4. The first-order valence-corrected chi connectivity index (χ1v) is 12.6. The highest BCUT2D eigenvalue weighted by molar-refractivity contribution is 6.34. The SMILES string of the molecule is CN(C)C(=O)c1ccc(OC[C@@H](F)CCC2CCN(C(=O)C(O)(c3ccccc3)C(F)(F)F)CC2)cc1Cl. The minimum absolute atomic E-state index is 0.0266. The van der Waals surface area contributed by atoms with E-state index in [9.17, 15) is 32.3 Å². The predicted molar refractivity (Wildman–Crippen MR) is 135 cm³/mol. The fourth-order valence-corrected chi connectivity index (χ4v) is 4.68. The molecule has 38 heavy (non-hydrogen) atoms. The van der Waals surface area contributed by atoms with Crippen molar-refractivity contribution in [2.45, 2.75) is 43.6 Å². The van der Waals surface area contributed by atoms with Crippen LogP contribution in [0.5, 0.6) is 5.75 Å². The fraction of sp³-hybridized carbons (Fsp3) is 0.481. The average molecular weight is 559 g/mol. The molecule has 6 nitrogen and oxygen atoms in total. The van der Waals surface area contributed by atoms with Gasteiger partial charge in [0.25, 0.3) is 17.4 Å². The lowest BCUT2D eigenvalue weighted by Crippen LogP contribution is -2.57. The summed E-state index contributed by atoms with van der Waals surface area (Å²) in [4.78, 5) is 27.3. The van der Waals surface area contributed by atoms with Crippen LogP contribution in [0.2, 0.25) is 5.02 Å². The van der Waals surface area contributed by atoms with Gasteiger partial charge < -0.3 is 19.6 Å². The average Bonchev–Trinajstić information content (AvgIpc) is 2.89. The van der Waals surface area contributed by atoms with Crippen molar-refractivity contribution in [1.29, 1.82) is 0 Å². The highest BCUT2D eigenvalue weighted by Crippen LogP contribution is 2.41. The number of carbonyl (C=O) groups is 2. The summed E-state index contributed by atoms with van der Waals surface area (Å²) in [7, 11) is 3.21. The second-order valence-corrected chi connectivity index (χ2v) is 10.0. The van der Waals surface area contributed by atoms with Crippen molar-refractivity contribution in [2.24, 2.45) is 5.92 Å². The van der Waals surface area contributed by atoms with Gasteiger partial charge in [-0.15, -0.1) is 0 Å². The van der Waals surface area contributed by atoms with Gasteiger partial charge in [0.1, 0.15) is 18.5 Å². The summed E-state index contributed by atoms with van der Waals surface area (Å²) in [5, 5.41) is 10.7. The number of piperidine rings is 1. The lowest BCUT2D eigenvalue weighted by Gasteiger charge is -2.38. The third-order valence-electron chi connectivity index (χ3n) is 6.71. The number of aliphatic hydroxyl groups is 1. The number of amides is 2. The van der Waals surface area contributed by atoms with Crippen LogP contribution in [0.25, 0.3) is 0 Å². The topological polar surface area (TPSA) is 70.1 Å². The van der Waals surface area contributed by atoms with Crippen LogP contribution in [0.3, 0.4) is 0 Å². The maximum absolute atomic E-state index is 14.5. The molecule has 2 amide bonds. The first-order valence-electron chi connectivity index (χ1n) is 12.3. The van der Waals surface area contributed by atoms with Crippen LogP contribution in [-0.2, 0) is 10.4 Å². The summed E-state index contributed by atoms with van der Waals surface area (Å²) in [6.07, 6.45) is -5.01. The quantitative estimate of drug-likeness (QED) is 0.428. The molecule has 2 atom stereocenters. The Morgan fingerprint density at radius 2 is 1.76 bits per heavy atom. The highest BCUT2D eigenvalue weighted by Gasteiger charge is 2.62. The Balaban J connectivity index is 1.48. The summed E-state index contributed by atoms with van der Waals surface area (Å²) in [6.45, 7) is -0.137. The molecule has 0 spiro atoms. The van der Waals surface area contributed by atoms with Crippen LogP contribution in [0.1, 0.15) is 41.6 Å². The van der Waals surface area contributed by atoms with Crippen LogP contribution in [0.4, 0.5) is 17.6 Å². The lowest BCUT2D eigenvalue weighted by atomic mass is 9.87. The van der Waals surface area contributed by atoms with E-state index in [1.54, 1.807) is 20.2 Å². The number of hydrogen-bond donors (Lipinski definition) is 1. The van der Waals surface area contributed by atoms with Crippen molar-refractivity contribution >= 4 is 23.4 Å². The van der Waals surface area contributed by atoms with Gasteiger partial charge in [0.15, 0.2) is 0 Å². The Morgan fingerprint density at radius 3 is 2.32 bits per heavy atom. The van der Waals surface area contributed by atoms with Gasteiger partial charge in [0.2, 0.25) is 0 Å². The van der Waals surface area contributed by atoms with Gasteiger partial charge in [-0.25, -0.2) is 4.39 Å². The molecule has 11 heteroatoms. The van der Waals surface area contributed by atoms with Crippen molar-refractivity contribution in [1.82, 2.24) is 9.80 Å². The first kappa shape index (κ1) is 29.7. The number of benzene rings is 2. The summed E-state index contributed by atoms with van der Waals surface area (Å²) in [5.74, 6) is -1.31. The molecular weight excluding hydrogens is 528 g/mol. The molecule has 2 aromatic carbocycles. The van der Waals surface area contributed by atoms with E-state index < -0.39 is 29.4 Å². The number of likely N-dealkylation sites (tertiary alicyclic amines) is 1. The van der Waals surface area contributed by atoms with E-state index in [1.165, 1.54) is 35.2 Å². The highest BCUT2D eigenvalue weighted by atomic mass is 35.5. The molecule has 1 unspecified atom stereocenters. The number of hydrogen-bond acceptors (Lipinski definition) is 4. The van der Waals surface area contributed by atoms with Gasteiger partial charge in [0, 0.05) is 32.7 Å². The lowest BCUT2D eigenvalue weighted by molar-refractivity contribution is -0.262. The molecule has 208 valence electrons. The largest absolute Gasteiger partial charge is 0.491 e. The normalized spacial score (nSPS) is 17.0. The van der Waals surface area contributed by atoms with Crippen LogP contribution in [-0.4, -0.2) is 72.9 Å². The second kappa shape index (κ2) is 12.3. The smallest absolute Gasteiger partial charge is 0.430 e. The van der Waals surface area contributed by atoms with Gasteiger partial charge in [-0.1, -0.05) is 41.9 Å². The molecule has 0 radical (unpaired) electrons. The third kappa shape index (κ3) is 6.77. The molecule has 1 aliphatic heterocycles. The maximum Gasteiger partial charge on any atom is 0.430 e. The Bertz CT molecular complexity index is 1110. The fourth-order valence-electron chi connectivity index (χ4n) is 4.43. The summed E-state index contributed by atoms with van der Waals surface area (Å²) in [5.41, 5.74) is -3.84. The number of ether oxygens (including phenoxy) is 1. The van der Waals surface area contributed by atoms with Gasteiger partial charge >= 0.3 is 6.18 Å². The molecule has 1 fully saturated rings.